The Balaban J connectivity index is 2.05. The Morgan fingerprint density at radius 1 is 1.32 bits per heavy atom. The van der Waals surface area contributed by atoms with Gasteiger partial charge < -0.3 is 14.6 Å². The number of aromatic nitrogens is 1. The van der Waals surface area contributed by atoms with Gasteiger partial charge in [0, 0.05) is 17.3 Å². The van der Waals surface area contributed by atoms with E-state index in [1.165, 1.54) is 6.20 Å². The normalized spacial score (nSPS) is 16.3. The van der Waals surface area contributed by atoms with E-state index in [4.69, 9.17) is 37.8 Å². The number of halogens is 2. The van der Waals surface area contributed by atoms with Gasteiger partial charge >= 0.3 is 6.16 Å². The zero-order valence-corrected chi connectivity index (χ0v) is 12.5. The lowest BCUT2D eigenvalue weighted by molar-refractivity contribution is 0.0899. The van der Waals surface area contributed by atoms with Crippen molar-refractivity contribution in [1.29, 1.82) is 0 Å². The fraction of sp³-hybridized carbons (Fsp3) is 0.0667. The number of rotatable bonds is 2. The Morgan fingerprint density at radius 2 is 2.09 bits per heavy atom. The zero-order chi connectivity index (χ0) is 15.7. The minimum Gasteiger partial charge on any atom is -0.477 e. The maximum atomic E-state index is 10.9. The summed E-state index contributed by atoms with van der Waals surface area (Å²) < 4.78 is 10.7. The number of hydrogen-bond acceptors (Lipinski definition) is 4. The van der Waals surface area contributed by atoms with Crippen LogP contribution >= 0.6 is 23.2 Å². The monoisotopic (exact) mass is 337 g/mol. The Kier molecular flexibility index (Phi) is 3.92. The number of carboxylic acid groups (broad SMARTS) is 1. The highest BCUT2D eigenvalue weighted by Gasteiger charge is 2.28. The molecule has 0 saturated carbocycles. The van der Waals surface area contributed by atoms with E-state index < -0.39 is 12.3 Å². The summed E-state index contributed by atoms with van der Waals surface area (Å²) in [6, 6.07) is 8.78. The molecule has 3 rings (SSSR count). The highest BCUT2D eigenvalue weighted by Crippen LogP contribution is 2.38. The van der Waals surface area contributed by atoms with Crippen LogP contribution < -0.4 is 4.74 Å². The topological polar surface area (TPSA) is 68.7 Å². The minimum atomic E-state index is -1.42. The molecular weight excluding hydrogens is 329 g/mol. The third-order valence-electron chi connectivity index (χ3n) is 3.05. The van der Waals surface area contributed by atoms with Gasteiger partial charge in [0.15, 0.2) is 11.9 Å². The number of ether oxygens (including phenoxy) is 2. The zero-order valence-electron chi connectivity index (χ0n) is 11.0. The van der Waals surface area contributed by atoms with Crippen LogP contribution in [0.25, 0.3) is 6.08 Å². The maximum absolute atomic E-state index is 10.9. The molecule has 0 aliphatic carbocycles. The summed E-state index contributed by atoms with van der Waals surface area (Å²) >= 11 is 11.8. The second-order valence-electron chi connectivity index (χ2n) is 4.49. The van der Waals surface area contributed by atoms with E-state index in [1.54, 1.807) is 24.3 Å². The molecule has 2 heterocycles. The van der Waals surface area contributed by atoms with Crippen molar-refractivity contribution in [3.05, 3.63) is 63.6 Å². The first-order valence-electron chi connectivity index (χ1n) is 6.23. The summed E-state index contributed by atoms with van der Waals surface area (Å²) in [5, 5.41) is 9.30. The van der Waals surface area contributed by atoms with Crippen LogP contribution in [0.4, 0.5) is 4.79 Å². The van der Waals surface area contributed by atoms with Crippen LogP contribution in [-0.2, 0) is 4.74 Å². The summed E-state index contributed by atoms with van der Waals surface area (Å²) in [4.78, 5) is 14.8. The average molecular weight is 338 g/mol. The fourth-order valence-corrected chi connectivity index (χ4v) is 2.39. The van der Waals surface area contributed by atoms with Gasteiger partial charge in [-0.25, -0.2) is 9.78 Å². The van der Waals surface area contributed by atoms with Crippen molar-refractivity contribution in [2.24, 2.45) is 0 Å². The molecule has 1 atom stereocenters. The Morgan fingerprint density at radius 3 is 2.82 bits per heavy atom. The van der Waals surface area contributed by atoms with Gasteiger partial charge in [-0.15, -0.1) is 0 Å². The van der Waals surface area contributed by atoms with Gasteiger partial charge in [-0.1, -0.05) is 41.4 Å². The largest absolute Gasteiger partial charge is 0.511 e. The van der Waals surface area contributed by atoms with Crippen molar-refractivity contribution in [2.75, 3.05) is 0 Å². The van der Waals surface area contributed by atoms with Crippen molar-refractivity contribution in [3.8, 4) is 5.75 Å². The van der Waals surface area contributed by atoms with Gasteiger partial charge in [0.1, 0.15) is 10.9 Å². The summed E-state index contributed by atoms with van der Waals surface area (Å²) in [7, 11) is 0. The van der Waals surface area contributed by atoms with Crippen LogP contribution in [0, 0.1) is 0 Å². The number of hydrogen-bond donors (Lipinski definition) is 1. The van der Waals surface area contributed by atoms with E-state index in [2.05, 4.69) is 4.98 Å². The number of carbonyl (C=O) groups is 1. The van der Waals surface area contributed by atoms with E-state index in [0.29, 0.717) is 11.3 Å². The van der Waals surface area contributed by atoms with Gasteiger partial charge in [0.25, 0.3) is 0 Å². The smallest absolute Gasteiger partial charge is 0.477 e. The first-order valence-corrected chi connectivity index (χ1v) is 6.99. The highest BCUT2D eigenvalue weighted by molar-refractivity contribution is 6.41. The molecule has 1 aliphatic rings. The van der Waals surface area contributed by atoms with Crippen molar-refractivity contribution < 1.29 is 19.4 Å². The van der Waals surface area contributed by atoms with Crippen LogP contribution in [0.15, 0.2) is 42.3 Å². The first kappa shape index (κ1) is 14.7. The number of nitrogens with zero attached hydrogens (tertiary/aromatic N) is 1. The summed E-state index contributed by atoms with van der Waals surface area (Å²) in [6.07, 6.45) is 0.881. The Hall–Kier alpha value is -2.24. The third kappa shape index (κ3) is 2.86. The Bertz CT molecular complexity index is 776. The fourth-order valence-electron chi connectivity index (χ4n) is 2.12. The van der Waals surface area contributed by atoms with Crippen molar-refractivity contribution >= 4 is 35.4 Å². The molecule has 1 aliphatic heterocycles. The standard InChI is InChI=1S/C15H9Cl2NO4/c16-10-5-9(7-18-14(10)17)13-12(22-15(19)20)6-8-3-1-2-4-11(8)21-13/h1-7,13H,(H,19,20). The molecule has 0 saturated heterocycles. The molecule has 0 amide bonds. The quantitative estimate of drug-likeness (QED) is 0.642. The molecule has 22 heavy (non-hydrogen) atoms. The molecule has 112 valence electrons. The molecule has 0 spiro atoms. The number of para-hydroxylation sites is 1. The van der Waals surface area contributed by atoms with Gasteiger partial charge in [-0.05, 0) is 18.2 Å². The molecule has 0 bridgehead atoms. The number of fused-ring (bicyclic) bond motifs is 1. The van der Waals surface area contributed by atoms with Gasteiger partial charge in [-0.2, -0.15) is 0 Å². The average Bonchev–Trinajstić information content (AvgIpc) is 2.49. The van der Waals surface area contributed by atoms with Gasteiger partial charge in [-0.3, -0.25) is 0 Å². The van der Waals surface area contributed by atoms with Gasteiger partial charge in [0.2, 0.25) is 0 Å². The molecule has 1 aromatic heterocycles. The van der Waals surface area contributed by atoms with E-state index in [-0.39, 0.29) is 15.9 Å². The molecule has 2 aromatic rings. The van der Waals surface area contributed by atoms with Crippen LogP contribution in [0.2, 0.25) is 10.2 Å². The van der Waals surface area contributed by atoms with Crippen molar-refractivity contribution in [3.63, 3.8) is 0 Å². The third-order valence-corrected chi connectivity index (χ3v) is 3.73. The lowest BCUT2D eigenvalue weighted by atomic mass is 10.0. The Labute approximate surface area is 135 Å². The van der Waals surface area contributed by atoms with Crippen LogP contribution in [0.5, 0.6) is 5.75 Å². The predicted molar refractivity (Wildman–Crippen MR) is 81.2 cm³/mol. The molecule has 1 unspecified atom stereocenters. The van der Waals surface area contributed by atoms with E-state index >= 15 is 0 Å². The maximum Gasteiger partial charge on any atom is 0.511 e. The molecule has 1 aromatic carbocycles. The van der Waals surface area contributed by atoms with Crippen LogP contribution in [0.1, 0.15) is 17.2 Å². The SMILES string of the molecule is O=C(O)OC1=Cc2ccccc2OC1c1cnc(Cl)c(Cl)c1. The van der Waals surface area contributed by atoms with Crippen LogP contribution in [-0.4, -0.2) is 16.2 Å². The lowest BCUT2D eigenvalue weighted by Gasteiger charge is -2.26. The summed E-state index contributed by atoms with van der Waals surface area (Å²) in [5.74, 6) is 0.739. The molecule has 5 nitrogen and oxygen atoms in total. The highest BCUT2D eigenvalue weighted by atomic mass is 35.5. The van der Waals surface area contributed by atoms with Crippen LogP contribution in [0.3, 0.4) is 0 Å². The second-order valence-corrected chi connectivity index (χ2v) is 5.26. The number of pyridine rings is 1. The molecule has 7 heteroatoms. The van der Waals surface area contributed by atoms with E-state index in [9.17, 15) is 4.79 Å². The summed E-state index contributed by atoms with van der Waals surface area (Å²) in [5.41, 5.74) is 1.26. The van der Waals surface area contributed by atoms with Gasteiger partial charge in [0.05, 0.1) is 5.02 Å². The molecule has 0 radical (unpaired) electrons. The summed E-state index contributed by atoms with van der Waals surface area (Å²) in [6.45, 7) is 0. The van der Waals surface area contributed by atoms with E-state index in [0.717, 1.165) is 5.56 Å². The van der Waals surface area contributed by atoms with Crippen molar-refractivity contribution in [2.45, 2.75) is 6.10 Å². The molecule has 0 fully saturated rings. The molecular formula is C15H9Cl2NO4. The number of benzene rings is 1. The molecule has 1 N–H and O–H groups in total. The van der Waals surface area contributed by atoms with Crippen molar-refractivity contribution in [1.82, 2.24) is 4.98 Å². The predicted octanol–water partition coefficient (Wildman–Crippen LogP) is 4.56. The van der Waals surface area contributed by atoms with E-state index in [1.807, 2.05) is 12.1 Å². The minimum absolute atomic E-state index is 0.131. The second kappa shape index (κ2) is 5.87. The first-order chi connectivity index (χ1) is 10.5. The lowest BCUT2D eigenvalue weighted by Crippen LogP contribution is -2.18.